The van der Waals surface area contributed by atoms with Crippen LogP contribution in [0.1, 0.15) is 38.3 Å². The third-order valence-corrected chi connectivity index (χ3v) is 4.45. The minimum Gasteiger partial charge on any atom is -0.495 e. The Kier molecular flexibility index (Phi) is 5.36. The van der Waals surface area contributed by atoms with Gasteiger partial charge in [0.2, 0.25) is 0 Å². The number of methoxy groups -OCH3 is 2. The Hall–Kier alpha value is -0.970. The van der Waals surface area contributed by atoms with E-state index in [2.05, 4.69) is 19.2 Å². The summed E-state index contributed by atoms with van der Waals surface area (Å²) in [5.41, 5.74) is 0.760. The van der Waals surface area contributed by atoms with Gasteiger partial charge in [-0.05, 0) is 38.4 Å². The summed E-state index contributed by atoms with van der Waals surface area (Å²) in [7, 11) is 3.23. The highest BCUT2D eigenvalue weighted by Gasteiger charge is 2.40. The molecule has 1 aromatic carbocycles. The topological polar surface area (TPSA) is 39.7 Å². The first kappa shape index (κ1) is 16.4. The molecule has 0 saturated carbocycles. The fourth-order valence-corrected chi connectivity index (χ4v) is 3.36. The molecule has 2 atom stereocenters. The monoisotopic (exact) mass is 313 g/mol. The van der Waals surface area contributed by atoms with Crippen molar-refractivity contribution >= 4 is 11.6 Å². The Balaban J connectivity index is 2.47. The van der Waals surface area contributed by atoms with Crippen LogP contribution in [0.3, 0.4) is 0 Å². The molecule has 1 aromatic rings. The number of hydrogen-bond donors (Lipinski definition) is 1. The summed E-state index contributed by atoms with van der Waals surface area (Å²) in [6, 6.07) is 3.91. The third-order valence-electron chi connectivity index (χ3n) is 4.10. The summed E-state index contributed by atoms with van der Waals surface area (Å²) in [6.45, 7) is 5.87. The predicted molar refractivity (Wildman–Crippen MR) is 84.6 cm³/mol. The van der Waals surface area contributed by atoms with Crippen LogP contribution < -0.4 is 14.8 Å². The maximum Gasteiger partial charge on any atom is 0.146 e. The molecule has 1 aliphatic rings. The summed E-state index contributed by atoms with van der Waals surface area (Å²) in [4.78, 5) is 0. The van der Waals surface area contributed by atoms with Crippen molar-refractivity contribution in [1.29, 1.82) is 0 Å². The third kappa shape index (κ3) is 3.12. The highest BCUT2D eigenvalue weighted by atomic mass is 35.5. The molecule has 1 saturated heterocycles. The van der Waals surface area contributed by atoms with Crippen molar-refractivity contribution in [2.45, 2.75) is 38.3 Å². The van der Waals surface area contributed by atoms with E-state index >= 15 is 0 Å². The molecule has 1 heterocycles. The number of halogens is 1. The summed E-state index contributed by atoms with van der Waals surface area (Å²) >= 11 is 6.39. The maximum absolute atomic E-state index is 6.39. The molecule has 21 heavy (non-hydrogen) atoms. The van der Waals surface area contributed by atoms with Crippen molar-refractivity contribution in [2.24, 2.45) is 0 Å². The highest BCUT2D eigenvalue weighted by Crippen LogP contribution is 2.45. The van der Waals surface area contributed by atoms with Gasteiger partial charge in [-0.3, -0.25) is 0 Å². The molecule has 1 fully saturated rings. The predicted octanol–water partition coefficient (Wildman–Crippen LogP) is 3.58. The molecular weight excluding hydrogens is 290 g/mol. The van der Waals surface area contributed by atoms with Crippen LogP contribution in [0.2, 0.25) is 5.02 Å². The molecular formula is C16H24ClNO3. The van der Waals surface area contributed by atoms with Crippen LogP contribution in [-0.2, 0) is 4.74 Å². The van der Waals surface area contributed by atoms with Gasteiger partial charge in [-0.25, -0.2) is 0 Å². The summed E-state index contributed by atoms with van der Waals surface area (Å²) in [6.07, 6.45) is 2.09. The lowest BCUT2D eigenvalue weighted by molar-refractivity contribution is -0.0126. The summed E-state index contributed by atoms with van der Waals surface area (Å²) < 4.78 is 16.8. The van der Waals surface area contributed by atoms with E-state index in [4.69, 9.17) is 25.8 Å². The highest BCUT2D eigenvalue weighted by molar-refractivity contribution is 6.33. The normalized spacial score (nSPS) is 23.1. The minimum absolute atomic E-state index is 0.0309. The molecule has 0 spiro atoms. The van der Waals surface area contributed by atoms with Gasteiger partial charge in [0, 0.05) is 12.2 Å². The summed E-state index contributed by atoms with van der Waals surface area (Å²) in [5.74, 6) is 1.27. The number of hydrogen-bond acceptors (Lipinski definition) is 4. The van der Waals surface area contributed by atoms with E-state index in [-0.39, 0.29) is 11.6 Å². The zero-order chi connectivity index (χ0) is 15.5. The molecule has 5 heteroatoms. The van der Waals surface area contributed by atoms with Gasteiger partial charge in [0.1, 0.15) is 16.5 Å². The number of likely N-dealkylation sites (N-methyl/N-ethyl adjacent to an activating group) is 1. The van der Waals surface area contributed by atoms with Gasteiger partial charge < -0.3 is 19.5 Å². The zero-order valence-electron chi connectivity index (χ0n) is 13.2. The largest absolute Gasteiger partial charge is 0.495 e. The lowest BCUT2D eigenvalue weighted by Gasteiger charge is -2.35. The molecule has 0 aliphatic carbocycles. The first-order valence-corrected chi connectivity index (χ1v) is 7.73. The van der Waals surface area contributed by atoms with Crippen molar-refractivity contribution in [3.63, 3.8) is 0 Å². The Morgan fingerprint density at radius 3 is 2.67 bits per heavy atom. The summed E-state index contributed by atoms with van der Waals surface area (Å²) in [5, 5.41) is 4.02. The van der Waals surface area contributed by atoms with Gasteiger partial charge in [-0.1, -0.05) is 18.5 Å². The van der Waals surface area contributed by atoms with E-state index in [9.17, 15) is 0 Å². The van der Waals surface area contributed by atoms with E-state index < -0.39 is 0 Å². The zero-order valence-corrected chi connectivity index (χ0v) is 13.9. The van der Waals surface area contributed by atoms with Crippen LogP contribution in [0.25, 0.3) is 0 Å². The quantitative estimate of drug-likeness (QED) is 0.871. The van der Waals surface area contributed by atoms with Crippen molar-refractivity contribution in [1.82, 2.24) is 5.32 Å². The molecule has 0 bridgehead atoms. The maximum atomic E-state index is 6.39. The van der Waals surface area contributed by atoms with Crippen LogP contribution in [0.4, 0.5) is 0 Å². The molecule has 1 aliphatic heterocycles. The second-order valence-corrected chi connectivity index (χ2v) is 5.84. The van der Waals surface area contributed by atoms with Crippen molar-refractivity contribution in [2.75, 3.05) is 27.4 Å². The molecule has 0 aromatic heterocycles. The van der Waals surface area contributed by atoms with Gasteiger partial charge in [0.15, 0.2) is 0 Å². The van der Waals surface area contributed by atoms with Crippen LogP contribution >= 0.6 is 11.6 Å². The molecule has 2 rings (SSSR count). The van der Waals surface area contributed by atoms with Gasteiger partial charge in [-0.2, -0.15) is 0 Å². The SMILES string of the molecule is CCNC(c1ccc(OC)c(Cl)c1OC)C1(C)CCCO1. The Morgan fingerprint density at radius 2 is 2.14 bits per heavy atom. The average molecular weight is 314 g/mol. The van der Waals surface area contributed by atoms with Crippen molar-refractivity contribution in [3.05, 3.63) is 22.7 Å². The van der Waals surface area contributed by atoms with Crippen LogP contribution in [-0.4, -0.2) is 33.0 Å². The van der Waals surface area contributed by atoms with Crippen LogP contribution in [0.15, 0.2) is 12.1 Å². The first-order chi connectivity index (χ1) is 10.1. The lowest BCUT2D eigenvalue weighted by atomic mass is 9.87. The number of nitrogens with one attached hydrogen (secondary N) is 1. The fraction of sp³-hybridized carbons (Fsp3) is 0.625. The standard InChI is InChI=1S/C16H24ClNO3/c1-5-18-15(16(2)9-6-10-21-16)11-7-8-12(19-3)13(17)14(11)20-4/h7-8,15,18H,5-6,9-10H2,1-4H3. The van der Waals surface area contributed by atoms with Crippen LogP contribution in [0, 0.1) is 0 Å². The number of ether oxygens (including phenoxy) is 3. The molecule has 2 unspecified atom stereocenters. The molecule has 118 valence electrons. The Morgan fingerprint density at radius 1 is 1.38 bits per heavy atom. The smallest absolute Gasteiger partial charge is 0.146 e. The average Bonchev–Trinajstić information content (AvgIpc) is 2.92. The lowest BCUT2D eigenvalue weighted by Crippen LogP contribution is -2.41. The van der Waals surface area contributed by atoms with E-state index in [1.807, 2.05) is 12.1 Å². The van der Waals surface area contributed by atoms with Crippen molar-refractivity contribution in [3.8, 4) is 11.5 Å². The Labute approximate surface area is 131 Å². The van der Waals surface area contributed by atoms with E-state index in [1.54, 1.807) is 14.2 Å². The Bertz CT molecular complexity index is 487. The second kappa shape index (κ2) is 6.86. The second-order valence-electron chi connectivity index (χ2n) is 5.46. The van der Waals surface area contributed by atoms with E-state index in [1.165, 1.54) is 0 Å². The molecule has 0 radical (unpaired) electrons. The van der Waals surface area contributed by atoms with Gasteiger partial charge in [-0.15, -0.1) is 0 Å². The minimum atomic E-state index is -0.249. The van der Waals surface area contributed by atoms with Crippen molar-refractivity contribution < 1.29 is 14.2 Å². The van der Waals surface area contributed by atoms with Gasteiger partial charge in [0.05, 0.1) is 25.9 Å². The van der Waals surface area contributed by atoms with E-state index in [0.29, 0.717) is 16.5 Å². The number of benzene rings is 1. The van der Waals surface area contributed by atoms with Gasteiger partial charge in [0.25, 0.3) is 0 Å². The molecule has 0 amide bonds. The van der Waals surface area contributed by atoms with E-state index in [0.717, 1.165) is 31.6 Å². The molecule has 4 nitrogen and oxygen atoms in total. The van der Waals surface area contributed by atoms with Gasteiger partial charge >= 0.3 is 0 Å². The van der Waals surface area contributed by atoms with Crippen LogP contribution in [0.5, 0.6) is 11.5 Å². The number of rotatable bonds is 6. The fourth-order valence-electron chi connectivity index (χ4n) is 3.03. The first-order valence-electron chi connectivity index (χ1n) is 7.35. The molecule has 1 N–H and O–H groups in total.